The van der Waals surface area contributed by atoms with Gasteiger partial charge in [0.1, 0.15) is 0 Å². The molecule has 1 unspecified atom stereocenters. The van der Waals surface area contributed by atoms with Crippen molar-refractivity contribution < 1.29 is 4.42 Å². The second-order valence-electron chi connectivity index (χ2n) is 5.34. The zero-order valence-electron chi connectivity index (χ0n) is 12.0. The van der Waals surface area contributed by atoms with Gasteiger partial charge in [-0.1, -0.05) is 5.10 Å². The molecule has 19 heavy (non-hydrogen) atoms. The predicted octanol–water partition coefficient (Wildman–Crippen LogP) is -0.227. The van der Waals surface area contributed by atoms with Crippen molar-refractivity contribution in [1.82, 2.24) is 20.0 Å². The largest absolute Gasteiger partial charge is 0.406 e. The normalized spacial score (nSPS) is 19.1. The van der Waals surface area contributed by atoms with Gasteiger partial charge in [0.05, 0.1) is 6.04 Å². The van der Waals surface area contributed by atoms with E-state index < -0.39 is 0 Å². The van der Waals surface area contributed by atoms with Crippen molar-refractivity contribution in [2.45, 2.75) is 13.0 Å². The highest BCUT2D eigenvalue weighted by Crippen LogP contribution is 2.17. The fourth-order valence-corrected chi connectivity index (χ4v) is 2.04. The predicted molar refractivity (Wildman–Crippen MR) is 74.1 cm³/mol. The van der Waals surface area contributed by atoms with E-state index in [1.54, 1.807) is 0 Å². The lowest BCUT2D eigenvalue weighted by Gasteiger charge is -2.34. The maximum atomic E-state index is 5.72. The molecule has 1 fully saturated rings. The SMILES string of the molecule is CC(N)c1nnc(N2CCN(CCN(C)C)CC2)o1. The van der Waals surface area contributed by atoms with Crippen LogP contribution in [0.3, 0.4) is 0 Å². The third-order valence-corrected chi connectivity index (χ3v) is 3.33. The van der Waals surface area contributed by atoms with Crippen LogP contribution in [0.4, 0.5) is 6.01 Å². The highest BCUT2D eigenvalue weighted by molar-refractivity contribution is 5.25. The smallest absolute Gasteiger partial charge is 0.318 e. The van der Waals surface area contributed by atoms with Gasteiger partial charge in [-0.2, -0.15) is 0 Å². The molecule has 1 aromatic rings. The van der Waals surface area contributed by atoms with E-state index in [-0.39, 0.29) is 6.04 Å². The molecule has 1 atom stereocenters. The summed E-state index contributed by atoms with van der Waals surface area (Å²) < 4.78 is 5.57. The Balaban J connectivity index is 1.82. The van der Waals surface area contributed by atoms with E-state index in [9.17, 15) is 0 Å². The van der Waals surface area contributed by atoms with Crippen molar-refractivity contribution in [1.29, 1.82) is 0 Å². The highest BCUT2D eigenvalue weighted by atomic mass is 16.4. The van der Waals surface area contributed by atoms with Crippen LogP contribution in [-0.2, 0) is 0 Å². The van der Waals surface area contributed by atoms with Crippen LogP contribution >= 0.6 is 0 Å². The minimum Gasteiger partial charge on any atom is -0.406 e. The molecule has 7 nitrogen and oxygen atoms in total. The lowest BCUT2D eigenvalue weighted by atomic mass is 10.3. The Bertz CT molecular complexity index is 383. The first-order valence-corrected chi connectivity index (χ1v) is 6.77. The molecule has 0 amide bonds. The molecule has 1 aliphatic rings. The van der Waals surface area contributed by atoms with E-state index in [2.05, 4.69) is 39.0 Å². The summed E-state index contributed by atoms with van der Waals surface area (Å²) >= 11 is 0. The van der Waals surface area contributed by atoms with Gasteiger partial charge < -0.3 is 20.0 Å². The van der Waals surface area contributed by atoms with Crippen LogP contribution < -0.4 is 10.6 Å². The topological polar surface area (TPSA) is 74.7 Å². The van der Waals surface area contributed by atoms with Crippen LogP contribution in [0, 0.1) is 0 Å². The summed E-state index contributed by atoms with van der Waals surface area (Å²) in [5.41, 5.74) is 5.72. The Morgan fingerprint density at radius 3 is 2.47 bits per heavy atom. The molecular formula is C12H24N6O. The van der Waals surface area contributed by atoms with Crippen LogP contribution in [0.2, 0.25) is 0 Å². The third kappa shape index (κ3) is 3.89. The van der Waals surface area contributed by atoms with E-state index in [0.717, 1.165) is 39.3 Å². The van der Waals surface area contributed by atoms with Crippen LogP contribution in [0.1, 0.15) is 18.9 Å². The molecule has 0 bridgehead atoms. The van der Waals surface area contributed by atoms with E-state index in [0.29, 0.717) is 11.9 Å². The zero-order valence-corrected chi connectivity index (χ0v) is 12.0. The van der Waals surface area contributed by atoms with Crippen molar-refractivity contribution in [3.63, 3.8) is 0 Å². The molecule has 0 aromatic carbocycles. The minimum absolute atomic E-state index is 0.206. The lowest BCUT2D eigenvalue weighted by Crippen LogP contribution is -2.48. The number of hydrogen-bond donors (Lipinski definition) is 1. The van der Waals surface area contributed by atoms with E-state index in [1.807, 2.05) is 6.92 Å². The molecule has 0 aliphatic carbocycles. The molecule has 1 saturated heterocycles. The lowest BCUT2D eigenvalue weighted by molar-refractivity contribution is 0.226. The Morgan fingerprint density at radius 1 is 1.26 bits per heavy atom. The molecule has 0 radical (unpaired) electrons. The molecular weight excluding hydrogens is 244 g/mol. The first-order chi connectivity index (χ1) is 9.06. The minimum atomic E-state index is -0.206. The van der Waals surface area contributed by atoms with E-state index in [1.165, 1.54) is 0 Å². The zero-order chi connectivity index (χ0) is 13.8. The van der Waals surface area contributed by atoms with Crippen LogP contribution in [-0.4, -0.2) is 73.4 Å². The van der Waals surface area contributed by atoms with Gasteiger partial charge in [-0.3, -0.25) is 4.90 Å². The first-order valence-electron chi connectivity index (χ1n) is 6.77. The van der Waals surface area contributed by atoms with Crippen LogP contribution in [0.15, 0.2) is 4.42 Å². The number of anilines is 1. The third-order valence-electron chi connectivity index (χ3n) is 3.33. The van der Waals surface area contributed by atoms with Gasteiger partial charge in [-0.05, 0) is 21.0 Å². The van der Waals surface area contributed by atoms with Gasteiger partial charge in [0.15, 0.2) is 0 Å². The van der Waals surface area contributed by atoms with Gasteiger partial charge in [0.2, 0.25) is 5.89 Å². The molecule has 2 heterocycles. The standard InChI is InChI=1S/C12H24N6O/c1-10(13)11-14-15-12(19-11)18-8-6-17(7-9-18)5-4-16(2)3/h10H,4-9,13H2,1-3H3. The summed E-state index contributed by atoms with van der Waals surface area (Å²) in [7, 11) is 4.20. The molecule has 0 spiro atoms. The van der Waals surface area contributed by atoms with Gasteiger partial charge >= 0.3 is 6.01 Å². The Labute approximate surface area is 114 Å². The molecule has 1 aromatic heterocycles. The number of hydrogen-bond acceptors (Lipinski definition) is 7. The van der Waals surface area contributed by atoms with Gasteiger partial charge in [-0.25, -0.2) is 0 Å². The summed E-state index contributed by atoms with van der Waals surface area (Å²) in [6.45, 7) is 7.96. The Hall–Kier alpha value is -1.18. The van der Waals surface area contributed by atoms with Gasteiger partial charge in [-0.15, -0.1) is 5.10 Å². The summed E-state index contributed by atoms with van der Waals surface area (Å²) in [5.74, 6) is 0.505. The monoisotopic (exact) mass is 268 g/mol. The molecule has 7 heteroatoms. The summed E-state index contributed by atoms with van der Waals surface area (Å²) in [6, 6.07) is 0.391. The average molecular weight is 268 g/mol. The number of likely N-dealkylation sites (N-methyl/N-ethyl adjacent to an activating group) is 1. The van der Waals surface area contributed by atoms with Crippen molar-refractivity contribution in [2.24, 2.45) is 5.73 Å². The Kier molecular flexibility index (Phi) is 4.73. The van der Waals surface area contributed by atoms with Crippen LogP contribution in [0.25, 0.3) is 0 Å². The maximum Gasteiger partial charge on any atom is 0.318 e. The number of aromatic nitrogens is 2. The second kappa shape index (κ2) is 6.31. The summed E-state index contributed by atoms with van der Waals surface area (Å²) in [4.78, 5) is 6.80. The Morgan fingerprint density at radius 2 is 1.95 bits per heavy atom. The quantitative estimate of drug-likeness (QED) is 0.790. The van der Waals surface area contributed by atoms with Crippen molar-refractivity contribution in [3.05, 3.63) is 5.89 Å². The maximum absolute atomic E-state index is 5.72. The fourth-order valence-electron chi connectivity index (χ4n) is 2.04. The molecule has 2 rings (SSSR count). The number of piperazine rings is 1. The molecule has 0 saturated carbocycles. The average Bonchev–Trinajstić information content (AvgIpc) is 2.86. The van der Waals surface area contributed by atoms with Gasteiger partial charge in [0.25, 0.3) is 0 Å². The fraction of sp³-hybridized carbons (Fsp3) is 0.833. The highest BCUT2D eigenvalue weighted by Gasteiger charge is 2.21. The summed E-state index contributed by atoms with van der Waals surface area (Å²) in [5, 5.41) is 8.03. The van der Waals surface area contributed by atoms with Crippen molar-refractivity contribution >= 4 is 6.01 Å². The number of nitrogens with two attached hydrogens (primary N) is 1. The molecule has 108 valence electrons. The first kappa shape index (κ1) is 14.2. The summed E-state index contributed by atoms with van der Waals surface area (Å²) in [6.07, 6.45) is 0. The molecule has 1 aliphatic heterocycles. The van der Waals surface area contributed by atoms with Gasteiger partial charge in [0, 0.05) is 39.3 Å². The van der Waals surface area contributed by atoms with E-state index >= 15 is 0 Å². The van der Waals surface area contributed by atoms with Crippen LogP contribution in [0.5, 0.6) is 0 Å². The van der Waals surface area contributed by atoms with E-state index in [4.69, 9.17) is 10.2 Å². The number of nitrogens with zero attached hydrogens (tertiary/aromatic N) is 5. The number of rotatable bonds is 5. The van der Waals surface area contributed by atoms with Crippen molar-refractivity contribution in [2.75, 3.05) is 58.3 Å². The second-order valence-corrected chi connectivity index (χ2v) is 5.34. The molecule has 2 N–H and O–H groups in total. The van der Waals surface area contributed by atoms with Crippen molar-refractivity contribution in [3.8, 4) is 0 Å².